The Morgan fingerprint density at radius 2 is 1.39 bits per heavy atom. The third kappa shape index (κ3) is 2.83. The number of fused-ring (bicyclic) bond motifs is 2. The zero-order valence-corrected chi connectivity index (χ0v) is 15.7. The highest BCUT2D eigenvalue weighted by Crippen LogP contribution is 2.37. The van der Waals surface area contributed by atoms with E-state index in [1.807, 2.05) is 66.7 Å². The van der Waals surface area contributed by atoms with Crippen molar-refractivity contribution in [2.45, 2.75) is 5.92 Å². The van der Waals surface area contributed by atoms with Crippen molar-refractivity contribution in [3.63, 3.8) is 0 Å². The molecule has 0 saturated heterocycles. The standard InChI is InChI=1S/C25H16ClNO/c26-19-11-13-20(14-12-19)27-24-21-7-3-4-8-22(21)25(28)23(24)18-10-9-16-5-1-2-6-17(16)15-18/h1-15,23H/t23-/m1/s1. The van der Waals surface area contributed by atoms with Gasteiger partial charge in [-0.25, -0.2) is 0 Å². The summed E-state index contributed by atoms with van der Waals surface area (Å²) in [6.07, 6.45) is 0. The molecular formula is C25H16ClNO. The van der Waals surface area contributed by atoms with Gasteiger partial charge in [0.15, 0.2) is 5.78 Å². The van der Waals surface area contributed by atoms with Crippen molar-refractivity contribution in [2.75, 3.05) is 0 Å². The number of benzene rings is 4. The topological polar surface area (TPSA) is 29.4 Å². The van der Waals surface area contributed by atoms with E-state index in [1.165, 1.54) is 0 Å². The molecular weight excluding hydrogens is 366 g/mol. The molecule has 0 unspecified atom stereocenters. The highest BCUT2D eigenvalue weighted by Gasteiger charge is 2.37. The van der Waals surface area contributed by atoms with E-state index >= 15 is 0 Å². The van der Waals surface area contributed by atoms with Crippen LogP contribution in [0, 0.1) is 0 Å². The molecule has 2 nitrogen and oxygen atoms in total. The van der Waals surface area contributed by atoms with E-state index in [4.69, 9.17) is 16.6 Å². The fourth-order valence-electron chi connectivity index (χ4n) is 3.83. The molecule has 1 atom stereocenters. The van der Waals surface area contributed by atoms with Crippen molar-refractivity contribution >= 4 is 39.6 Å². The molecule has 0 fully saturated rings. The van der Waals surface area contributed by atoms with Crippen molar-refractivity contribution in [1.29, 1.82) is 0 Å². The number of Topliss-reactive ketones (excluding diaryl/α,β-unsaturated/α-hetero) is 1. The fourth-order valence-corrected chi connectivity index (χ4v) is 3.96. The van der Waals surface area contributed by atoms with E-state index in [2.05, 4.69) is 24.3 Å². The number of hydrogen-bond acceptors (Lipinski definition) is 2. The summed E-state index contributed by atoms with van der Waals surface area (Å²) in [7, 11) is 0. The van der Waals surface area contributed by atoms with Gasteiger partial charge in [-0.05, 0) is 40.6 Å². The fraction of sp³-hybridized carbons (Fsp3) is 0.0400. The molecule has 0 saturated carbocycles. The maximum absolute atomic E-state index is 13.3. The lowest BCUT2D eigenvalue weighted by molar-refractivity contribution is 0.0988. The number of carbonyl (C=O) groups excluding carboxylic acids is 1. The van der Waals surface area contributed by atoms with Gasteiger partial charge in [0.05, 0.1) is 17.3 Å². The lowest BCUT2D eigenvalue weighted by atomic mass is 9.91. The minimum atomic E-state index is -0.405. The zero-order chi connectivity index (χ0) is 19.1. The minimum absolute atomic E-state index is 0.0959. The van der Waals surface area contributed by atoms with Crippen LogP contribution in [-0.2, 0) is 0 Å². The van der Waals surface area contributed by atoms with Crippen LogP contribution in [0.4, 0.5) is 5.69 Å². The summed E-state index contributed by atoms with van der Waals surface area (Å²) in [6.45, 7) is 0. The number of nitrogens with zero attached hydrogens (tertiary/aromatic N) is 1. The molecule has 1 aliphatic rings. The number of hydrogen-bond donors (Lipinski definition) is 0. The van der Waals surface area contributed by atoms with Crippen LogP contribution in [0.2, 0.25) is 5.02 Å². The van der Waals surface area contributed by atoms with Crippen molar-refractivity contribution in [3.8, 4) is 0 Å². The van der Waals surface area contributed by atoms with E-state index in [1.54, 1.807) is 0 Å². The molecule has 1 aliphatic carbocycles. The molecule has 0 aliphatic heterocycles. The van der Waals surface area contributed by atoms with E-state index in [-0.39, 0.29) is 5.78 Å². The zero-order valence-electron chi connectivity index (χ0n) is 15.0. The van der Waals surface area contributed by atoms with Crippen molar-refractivity contribution in [3.05, 3.63) is 113 Å². The van der Waals surface area contributed by atoms with Crippen molar-refractivity contribution in [1.82, 2.24) is 0 Å². The number of aliphatic imine (C=N–C) groups is 1. The molecule has 4 aromatic carbocycles. The Labute approximate surface area is 168 Å². The second-order valence-corrected chi connectivity index (χ2v) is 7.36. The third-order valence-electron chi connectivity index (χ3n) is 5.19. The Kier molecular flexibility index (Phi) is 4.07. The number of ketones is 1. The first-order valence-corrected chi connectivity index (χ1v) is 9.55. The highest BCUT2D eigenvalue weighted by molar-refractivity contribution is 6.32. The Morgan fingerprint density at radius 3 is 2.18 bits per heavy atom. The summed E-state index contributed by atoms with van der Waals surface area (Å²) in [4.78, 5) is 18.2. The molecule has 28 heavy (non-hydrogen) atoms. The van der Waals surface area contributed by atoms with Gasteiger partial charge < -0.3 is 0 Å². The van der Waals surface area contributed by atoms with Crippen molar-refractivity contribution < 1.29 is 4.79 Å². The molecule has 5 rings (SSSR count). The molecule has 3 heteroatoms. The summed E-state index contributed by atoms with van der Waals surface area (Å²) in [5.74, 6) is -0.309. The Hall–Kier alpha value is -3.23. The summed E-state index contributed by atoms with van der Waals surface area (Å²) in [5, 5.41) is 2.94. The van der Waals surface area contributed by atoms with Crippen LogP contribution in [0.15, 0.2) is 96.0 Å². The van der Waals surface area contributed by atoms with E-state index < -0.39 is 5.92 Å². The van der Waals surface area contributed by atoms with Gasteiger partial charge in [0.2, 0.25) is 0 Å². The molecule has 4 aromatic rings. The van der Waals surface area contributed by atoms with Crippen LogP contribution in [0.25, 0.3) is 10.8 Å². The molecule has 0 amide bonds. The predicted molar refractivity (Wildman–Crippen MR) is 115 cm³/mol. The predicted octanol–water partition coefficient (Wildman–Crippen LogP) is 6.59. The van der Waals surface area contributed by atoms with Crippen LogP contribution in [0.5, 0.6) is 0 Å². The lowest BCUT2D eigenvalue weighted by Gasteiger charge is -2.12. The van der Waals surface area contributed by atoms with E-state index in [0.29, 0.717) is 5.02 Å². The highest BCUT2D eigenvalue weighted by atomic mass is 35.5. The van der Waals surface area contributed by atoms with Crippen LogP contribution >= 0.6 is 11.6 Å². The van der Waals surface area contributed by atoms with Gasteiger partial charge in [-0.1, -0.05) is 78.3 Å². The Bertz CT molecular complexity index is 1240. The summed E-state index contributed by atoms with van der Waals surface area (Å²) >= 11 is 6.01. The van der Waals surface area contributed by atoms with E-state index in [9.17, 15) is 4.79 Å². The molecule has 0 bridgehead atoms. The second kappa shape index (κ2) is 6.74. The molecule has 0 aromatic heterocycles. The lowest BCUT2D eigenvalue weighted by Crippen LogP contribution is -2.13. The van der Waals surface area contributed by atoms with Crippen molar-refractivity contribution in [2.24, 2.45) is 4.99 Å². The van der Waals surface area contributed by atoms with Gasteiger partial charge in [0.1, 0.15) is 0 Å². The average molecular weight is 382 g/mol. The molecule has 134 valence electrons. The first-order chi connectivity index (χ1) is 13.7. The van der Waals surface area contributed by atoms with Gasteiger partial charge in [0, 0.05) is 16.1 Å². The van der Waals surface area contributed by atoms with Crippen LogP contribution < -0.4 is 0 Å². The first kappa shape index (κ1) is 16.9. The molecule has 0 spiro atoms. The number of halogens is 1. The smallest absolute Gasteiger partial charge is 0.176 e. The van der Waals surface area contributed by atoms with E-state index in [0.717, 1.165) is 38.9 Å². The van der Waals surface area contributed by atoms with Gasteiger partial charge >= 0.3 is 0 Å². The Morgan fingerprint density at radius 1 is 0.714 bits per heavy atom. The summed E-state index contributed by atoms with van der Waals surface area (Å²) < 4.78 is 0. The maximum Gasteiger partial charge on any atom is 0.176 e. The first-order valence-electron chi connectivity index (χ1n) is 9.17. The van der Waals surface area contributed by atoms with Gasteiger partial charge in [0.25, 0.3) is 0 Å². The number of carbonyl (C=O) groups is 1. The number of rotatable bonds is 2. The quantitative estimate of drug-likeness (QED) is 0.385. The Balaban J connectivity index is 1.70. The van der Waals surface area contributed by atoms with Crippen LogP contribution in [0.3, 0.4) is 0 Å². The maximum atomic E-state index is 13.3. The average Bonchev–Trinajstić information content (AvgIpc) is 3.01. The molecule has 0 heterocycles. The monoisotopic (exact) mass is 381 g/mol. The van der Waals surface area contributed by atoms with Crippen LogP contribution in [0.1, 0.15) is 27.4 Å². The minimum Gasteiger partial charge on any atom is -0.293 e. The largest absolute Gasteiger partial charge is 0.293 e. The SMILES string of the molecule is O=C1c2ccccc2C(=Nc2ccc(Cl)cc2)[C@H]1c1ccc2ccccc2c1. The summed E-state index contributed by atoms with van der Waals surface area (Å²) in [5.41, 5.74) is 4.18. The van der Waals surface area contributed by atoms with Crippen LogP contribution in [-0.4, -0.2) is 11.5 Å². The second-order valence-electron chi connectivity index (χ2n) is 6.92. The molecule has 0 radical (unpaired) electrons. The van der Waals surface area contributed by atoms with Gasteiger partial charge in [-0.3, -0.25) is 9.79 Å². The van der Waals surface area contributed by atoms with Gasteiger partial charge in [-0.15, -0.1) is 0 Å². The normalized spacial score (nSPS) is 17.2. The molecule has 0 N–H and O–H groups in total. The third-order valence-corrected chi connectivity index (χ3v) is 5.44. The summed E-state index contributed by atoms with van der Waals surface area (Å²) in [6, 6.07) is 29.5. The van der Waals surface area contributed by atoms with Gasteiger partial charge in [-0.2, -0.15) is 0 Å².